The number of carbonyl (C=O) groups is 1. The van der Waals surface area contributed by atoms with Crippen LogP contribution in [0.3, 0.4) is 0 Å². The fourth-order valence-electron chi connectivity index (χ4n) is 3.10. The van der Waals surface area contributed by atoms with Crippen molar-refractivity contribution >= 4 is 17.4 Å². The molecule has 0 heterocycles. The number of nitrogens with zero attached hydrogens (tertiary/aromatic N) is 3. The van der Waals surface area contributed by atoms with Gasteiger partial charge in [-0.15, -0.1) is 13.2 Å². The lowest BCUT2D eigenvalue weighted by atomic mass is 9.99. The molecule has 12 heteroatoms. The number of alkyl halides is 6. The first-order valence-electron chi connectivity index (χ1n) is 10.1. The summed E-state index contributed by atoms with van der Waals surface area (Å²) in [6.45, 7) is 0. The molecule has 36 heavy (non-hydrogen) atoms. The normalized spacial score (nSPS) is 12.1. The summed E-state index contributed by atoms with van der Waals surface area (Å²) in [5.41, 5.74) is 5.35. The van der Waals surface area contributed by atoms with Crippen LogP contribution in [0.25, 0.3) is 0 Å². The van der Waals surface area contributed by atoms with Gasteiger partial charge in [-0.3, -0.25) is 0 Å². The highest BCUT2D eigenvalue weighted by molar-refractivity contribution is 6.04. The van der Waals surface area contributed by atoms with Gasteiger partial charge >= 0.3 is 18.6 Å². The minimum atomic E-state index is -4.93. The number of hydrogen-bond donors (Lipinski definition) is 1. The molecular weight excluding hydrogens is 490 g/mol. The van der Waals surface area contributed by atoms with Gasteiger partial charge in [0.2, 0.25) is 0 Å². The molecule has 0 aliphatic heterocycles. The van der Waals surface area contributed by atoms with Crippen LogP contribution in [0.15, 0.2) is 77.9 Å². The number of ether oxygens (including phenoxy) is 1. The highest BCUT2D eigenvalue weighted by Gasteiger charge is 2.32. The number of hydrazone groups is 1. The van der Waals surface area contributed by atoms with Crippen LogP contribution in [-0.2, 0) is 12.6 Å². The maximum atomic E-state index is 13.3. The fraction of sp³-hybridized carbons (Fsp3) is 0.125. The Bertz CT molecular complexity index is 1290. The van der Waals surface area contributed by atoms with Crippen LogP contribution in [-0.4, -0.2) is 18.1 Å². The van der Waals surface area contributed by atoms with E-state index in [1.807, 2.05) is 6.07 Å². The van der Waals surface area contributed by atoms with Crippen LogP contribution >= 0.6 is 0 Å². The molecule has 0 radical (unpaired) electrons. The summed E-state index contributed by atoms with van der Waals surface area (Å²) in [5, 5.41) is 13.8. The Morgan fingerprint density at radius 3 is 2.14 bits per heavy atom. The number of anilines is 1. The molecule has 0 unspecified atom stereocenters. The predicted molar refractivity (Wildman–Crippen MR) is 118 cm³/mol. The summed E-state index contributed by atoms with van der Waals surface area (Å²) in [6.07, 6.45) is -9.64. The first kappa shape index (κ1) is 26.1. The SMILES string of the molecule is N#Cc1ccc(CC(=NN(C(N)=O)c2ccc(OC(F)(F)F)cc2)c2cccc(C(F)(F)F)c2)cc1. The van der Waals surface area contributed by atoms with Gasteiger partial charge in [-0.2, -0.15) is 28.5 Å². The summed E-state index contributed by atoms with van der Waals surface area (Å²) >= 11 is 0. The maximum absolute atomic E-state index is 13.3. The second-order valence-corrected chi connectivity index (χ2v) is 7.30. The summed E-state index contributed by atoms with van der Waals surface area (Å²) < 4.78 is 81.0. The molecule has 0 bridgehead atoms. The zero-order valence-electron chi connectivity index (χ0n) is 18.1. The van der Waals surface area contributed by atoms with E-state index in [9.17, 15) is 31.1 Å². The summed E-state index contributed by atoms with van der Waals surface area (Å²) in [4.78, 5) is 12.2. The molecule has 3 aromatic rings. The minimum Gasteiger partial charge on any atom is -0.406 e. The molecule has 0 aliphatic carbocycles. The topological polar surface area (TPSA) is 91.7 Å². The molecule has 6 nitrogen and oxygen atoms in total. The lowest BCUT2D eigenvalue weighted by molar-refractivity contribution is -0.274. The molecule has 3 rings (SSSR count). The molecule has 186 valence electrons. The number of rotatable bonds is 6. The van der Waals surface area contributed by atoms with E-state index in [1.165, 1.54) is 24.3 Å². The molecule has 0 atom stereocenters. The molecule has 0 spiro atoms. The number of primary amides is 1. The molecule has 0 fully saturated rings. The predicted octanol–water partition coefficient (Wildman–Crippen LogP) is 6.01. The maximum Gasteiger partial charge on any atom is 0.573 e. The van der Waals surface area contributed by atoms with E-state index in [-0.39, 0.29) is 23.4 Å². The molecule has 0 aromatic heterocycles. The van der Waals surface area contributed by atoms with Crippen LogP contribution < -0.4 is 15.5 Å². The monoisotopic (exact) mass is 506 g/mol. The van der Waals surface area contributed by atoms with E-state index in [2.05, 4.69) is 9.84 Å². The Morgan fingerprint density at radius 1 is 0.972 bits per heavy atom. The number of amides is 2. The van der Waals surface area contributed by atoms with Crippen LogP contribution in [0.1, 0.15) is 22.3 Å². The third kappa shape index (κ3) is 6.99. The van der Waals surface area contributed by atoms with Gasteiger partial charge in [-0.1, -0.05) is 24.3 Å². The summed E-state index contributed by atoms with van der Waals surface area (Å²) in [5.74, 6) is -0.560. The molecular formula is C24H16F6N4O2. The van der Waals surface area contributed by atoms with Crippen molar-refractivity contribution in [2.45, 2.75) is 19.0 Å². The molecule has 2 N–H and O–H groups in total. The number of benzene rings is 3. The van der Waals surface area contributed by atoms with Gasteiger partial charge in [-0.25, -0.2) is 4.79 Å². The number of carbonyl (C=O) groups excluding carboxylic acids is 1. The van der Waals surface area contributed by atoms with Crippen LogP contribution in [0.2, 0.25) is 0 Å². The van der Waals surface area contributed by atoms with E-state index in [4.69, 9.17) is 11.0 Å². The molecule has 3 aromatic carbocycles. The number of urea groups is 1. The van der Waals surface area contributed by atoms with Gasteiger partial charge in [0, 0.05) is 6.42 Å². The van der Waals surface area contributed by atoms with Crippen molar-refractivity contribution in [1.29, 1.82) is 5.26 Å². The number of nitrogens with two attached hydrogens (primary N) is 1. The first-order valence-corrected chi connectivity index (χ1v) is 10.1. The standard InChI is InChI=1S/C24H16F6N4O2/c25-23(26,27)18-3-1-2-17(13-18)21(12-15-4-6-16(14-31)7-5-15)33-34(22(32)35)19-8-10-20(11-9-19)36-24(28,29)30/h1-11,13H,12H2,(H2,32,35). The van der Waals surface area contributed by atoms with Crippen molar-refractivity contribution in [2.24, 2.45) is 10.8 Å². The average Bonchev–Trinajstić information content (AvgIpc) is 2.81. The third-order valence-electron chi connectivity index (χ3n) is 4.72. The van der Waals surface area contributed by atoms with E-state index in [0.29, 0.717) is 16.1 Å². The van der Waals surface area contributed by atoms with Crippen molar-refractivity contribution < 1.29 is 35.9 Å². The second kappa shape index (κ2) is 10.4. The van der Waals surface area contributed by atoms with Gasteiger partial charge in [-0.05, 0) is 59.7 Å². The van der Waals surface area contributed by atoms with Crippen molar-refractivity contribution in [3.63, 3.8) is 0 Å². The summed E-state index contributed by atoms with van der Waals surface area (Å²) in [6, 6.07) is 15.2. The van der Waals surface area contributed by atoms with Crippen molar-refractivity contribution in [3.05, 3.63) is 95.1 Å². The van der Waals surface area contributed by atoms with E-state index in [0.717, 1.165) is 36.4 Å². The zero-order valence-corrected chi connectivity index (χ0v) is 18.1. The van der Waals surface area contributed by atoms with Gasteiger partial charge < -0.3 is 10.5 Å². The zero-order chi connectivity index (χ0) is 26.5. The Kier molecular flexibility index (Phi) is 7.53. The Balaban J connectivity index is 2.06. The molecule has 0 saturated heterocycles. The Hall–Kier alpha value is -4.53. The average molecular weight is 506 g/mol. The highest BCUT2D eigenvalue weighted by Crippen LogP contribution is 2.30. The van der Waals surface area contributed by atoms with Crippen molar-refractivity contribution in [3.8, 4) is 11.8 Å². The lowest BCUT2D eigenvalue weighted by Gasteiger charge is -2.19. The number of nitriles is 1. The largest absolute Gasteiger partial charge is 0.573 e. The van der Waals surface area contributed by atoms with Gasteiger partial charge in [0.15, 0.2) is 0 Å². The van der Waals surface area contributed by atoms with E-state index >= 15 is 0 Å². The second-order valence-electron chi connectivity index (χ2n) is 7.30. The summed E-state index contributed by atoms with van der Waals surface area (Å²) in [7, 11) is 0. The van der Waals surface area contributed by atoms with Gasteiger partial charge in [0.25, 0.3) is 0 Å². The lowest BCUT2D eigenvalue weighted by Crippen LogP contribution is -2.32. The number of hydrogen-bond acceptors (Lipinski definition) is 4. The van der Waals surface area contributed by atoms with Gasteiger partial charge in [0.1, 0.15) is 5.75 Å². The van der Waals surface area contributed by atoms with Crippen LogP contribution in [0.4, 0.5) is 36.8 Å². The van der Waals surface area contributed by atoms with E-state index < -0.39 is 29.9 Å². The number of halogens is 6. The third-order valence-corrected chi connectivity index (χ3v) is 4.72. The quantitative estimate of drug-likeness (QED) is 0.252. The minimum absolute atomic E-state index is 0.000209. The molecule has 2 amide bonds. The highest BCUT2D eigenvalue weighted by atomic mass is 19.4. The van der Waals surface area contributed by atoms with Crippen molar-refractivity contribution in [2.75, 3.05) is 5.01 Å². The Morgan fingerprint density at radius 2 is 1.61 bits per heavy atom. The van der Waals surface area contributed by atoms with Crippen molar-refractivity contribution in [1.82, 2.24) is 0 Å². The van der Waals surface area contributed by atoms with E-state index in [1.54, 1.807) is 12.1 Å². The molecule has 0 saturated carbocycles. The molecule has 0 aliphatic rings. The van der Waals surface area contributed by atoms with Crippen LogP contribution in [0, 0.1) is 11.3 Å². The Labute approximate surface area is 200 Å². The fourth-order valence-corrected chi connectivity index (χ4v) is 3.10. The first-order chi connectivity index (χ1) is 16.9. The smallest absolute Gasteiger partial charge is 0.406 e. The van der Waals surface area contributed by atoms with Gasteiger partial charge in [0.05, 0.1) is 28.6 Å². The van der Waals surface area contributed by atoms with Crippen LogP contribution in [0.5, 0.6) is 5.75 Å².